The molecule has 0 saturated carbocycles. The lowest BCUT2D eigenvalue weighted by Gasteiger charge is -2.24. The van der Waals surface area contributed by atoms with E-state index in [2.05, 4.69) is 68.6 Å². The van der Waals surface area contributed by atoms with Crippen LogP contribution in [0.3, 0.4) is 0 Å². The SMILES string of the molecule is CCN1CCCC1CNC(=NC)NCc1ccc(CN2CCCN(C)CC2)cc1.I. The predicted molar refractivity (Wildman–Crippen MR) is 138 cm³/mol. The van der Waals surface area contributed by atoms with Gasteiger partial charge in [0, 0.05) is 45.8 Å². The largest absolute Gasteiger partial charge is 0.355 e. The van der Waals surface area contributed by atoms with E-state index in [-0.39, 0.29) is 24.0 Å². The van der Waals surface area contributed by atoms with Gasteiger partial charge in [-0.3, -0.25) is 14.8 Å². The minimum absolute atomic E-state index is 0. The minimum atomic E-state index is 0. The summed E-state index contributed by atoms with van der Waals surface area (Å²) in [6.07, 6.45) is 3.86. The van der Waals surface area contributed by atoms with E-state index >= 15 is 0 Å². The highest BCUT2D eigenvalue weighted by atomic mass is 127. The van der Waals surface area contributed by atoms with Crippen LogP contribution in [0.1, 0.15) is 37.3 Å². The molecule has 0 spiro atoms. The summed E-state index contributed by atoms with van der Waals surface area (Å²) < 4.78 is 0. The van der Waals surface area contributed by atoms with Crippen molar-refractivity contribution in [2.45, 2.75) is 45.3 Å². The van der Waals surface area contributed by atoms with Gasteiger partial charge in [0.1, 0.15) is 0 Å². The average molecular weight is 529 g/mol. The van der Waals surface area contributed by atoms with Crippen LogP contribution < -0.4 is 10.6 Å². The van der Waals surface area contributed by atoms with Crippen LogP contribution in [0.2, 0.25) is 0 Å². The zero-order chi connectivity index (χ0) is 20.5. The monoisotopic (exact) mass is 528 g/mol. The lowest BCUT2D eigenvalue weighted by Crippen LogP contribution is -2.44. The number of likely N-dealkylation sites (tertiary alicyclic amines) is 1. The highest BCUT2D eigenvalue weighted by molar-refractivity contribution is 14.0. The summed E-state index contributed by atoms with van der Waals surface area (Å²) in [5, 5.41) is 6.97. The zero-order valence-electron chi connectivity index (χ0n) is 19.1. The maximum atomic E-state index is 4.39. The van der Waals surface area contributed by atoms with Crippen LogP contribution in [0.15, 0.2) is 29.3 Å². The summed E-state index contributed by atoms with van der Waals surface area (Å²) in [5.74, 6) is 0.894. The second kappa shape index (κ2) is 13.5. The number of halogens is 1. The molecule has 30 heavy (non-hydrogen) atoms. The van der Waals surface area contributed by atoms with Crippen molar-refractivity contribution in [2.24, 2.45) is 4.99 Å². The number of rotatable bonds is 7. The first-order valence-corrected chi connectivity index (χ1v) is 11.3. The number of guanidine groups is 1. The van der Waals surface area contributed by atoms with E-state index in [0.717, 1.165) is 38.7 Å². The number of hydrogen-bond donors (Lipinski definition) is 2. The lowest BCUT2D eigenvalue weighted by atomic mass is 10.1. The molecular weight excluding hydrogens is 487 g/mol. The molecule has 0 aromatic heterocycles. The number of aliphatic imine (C=N–C) groups is 1. The van der Waals surface area contributed by atoms with Crippen LogP contribution >= 0.6 is 24.0 Å². The van der Waals surface area contributed by atoms with Gasteiger partial charge in [-0.05, 0) is 63.6 Å². The van der Waals surface area contributed by atoms with Crippen LogP contribution in [0.5, 0.6) is 0 Å². The van der Waals surface area contributed by atoms with Crippen molar-refractivity contribution < 1.29 is 0 Å². The van der Waals surface area contributed by atoms with Crippen LogP contribution in [-0.2, 0) is 13.1 Å². The third kappa shape index (κ3) is 7.98. The van der Waals surface area contributed by atoms with E-state index < -0.39 is 0 Å². The van der Waals surface area contributed by atoms with Crippen molar-refractivity contribution in [3.63, 3.8) is 0 Å². The van der Waals surface area contributed by atoms with Gasteiger partial charge in [-0.2, -0.15) is 0 Å². The molecule has 7 heteroatoms. The van der Waals surface area contributed by atoms with E-state index in [9.17, 15) is 0 Å². The number of hydrogen-bond acceptors (Lipinski definition) is 4. The molecule has 0 bridgehead atoms. The fourth-order valence-corrected chi connectivity index (χ4v) is 4.44. The van der Waals surface area contributed by atoms with Crippen molar-refractivity contribution >= 4 is 29.9 Å². The van der Waals surface area contributed by atoms with Gasteiger partial charge in [0.2, 0.25) is 0 Å². The van der Waals surface area contributed by atoms with Gasteiger partial charge < -0.3 is 15.5 Å². The second-order valence-electron chi connectivity index (χ2n) is 8.48. The van der Waals surface area contributed by atoms with Gasteiger partial charge in [-0.1, -0.05) is 31.2 Å². The lowest BCUT2D eigenvalue weighted by molar-refractivity contribution is 0.267. The topological polar surface area (TPSA) is 46.1 Å². The molecule has 170 valence electrons. The third-order valence-electron chi connectivity index (χ3n) is 6.34. The summed E-state index contributed by atoms with van der Waals surface area (Å²) in [7, 11) is 4.07. The van der Waals surface area contributed by atoms with Crippen LogP contribution in [-0.4, -0.2) is 86.6 Å². The molecule has 2 aliphatic rings. The maximum absolute atomic E-state index is 4.39. The molecule has 2 heterocycles. The summed E-state index contributed by atoms with van der Waals surface area (Å²) in [6, 6.07) is 9.68. The highest BCUT2D eigenvalue weighted by Gasteiger charge is 2.22. The fourth-order valence-electron chi connectivity index (χ4n) is 4.44. The molecule has 2 saturated heterocycles. The molecule has 2 aliphatic heterocycles. The average Bonchev–Trinajstić information content (AvgIpc) is 3.11. The molecule has 0 radical (unpaired) electrons. The first kappa shape index (κ1) is 25.4. The molecule has 1 aromatic rings. The van der Waals surface area contributed by atoms with Crippen molar-refractivity contribution in [1.29, 1.82) is 0 Å². The number of likely N-dealkylation sites (N-methyl/N-ethyl adjacent to an activating group) is 2. The Kier molecular flexibility index (Phi) is 11.4. The van der Waals surface area contributed by atoms with E-state index in [1.54, 1.807) is 0 Å². The smallest absolute Gasteiger partial charge is 0.191 e. The zero-order valence-corrected chi connectivity index (χ0v) is 21.4. The fraction of sp³-hybridized carbons (Fsp3) is 0.696. The molecule has 2 N–H and O–H groups in total. The maximum Gasteiger partial charge on any atom is 0.191 e. The number of nitrogens with zero attached hydrogens (tertiary/aromatic N) is 4. The summed E-state index contributed by atoms with van der Waals surface area (Å²) >= 11 is 0. The Morgan fingerprint density at radius 2 is 1.77 bits per heavy atom. The van der Waals surface area contributed by atoms with Crippen LogP contribution in [0.4, 0.5) is 0 Å². The van der Waals surface area contributed by atoms with Gasteiger partial charge in [0.25, 0.3) is 0 Å². The first-order chi connectivity index (χ1) is 14.2. The Labute approximate surface area is 200 Å². The summed E-state index contributed by atoms with van der Waals surface area (Å²) in [6.45, 7) is 12.2. The Balaban J connectivity index is 0.00000320. The van der Waals surface area contributed by atoms with Crippen molar-refractivity contribution in [3.05, 3.63) is 35.4 Å². The molecule has 0 amide bonds. The number of benzene rings is 1. The van der Waals surface area contributed by atoms with E-state index in [0.29, 0.717) is 6.04 Å². The van der Waals surface area contributed by atoms with E-state index in [1.807, 2.05) is 7.05 Å². The Bertz CT molecular complexity index is 635. The summed E-state index contributed by atoms with van der Waals surface area (Å²) in [4.78, 5) is 12.0. The van der Waals surface area contributed by atoms with Crippen LogP contribution in [0.25, 0.3) is 0 Å². The van der Waals surface area contributed by atoms with Gasteiger partial charge >= 0.3 is 0 Å². The van der Waals surface area contributed by atoms with Crippen molar-refractivity contribution in [1.82, 2.24) is 25.3 Å². The molecule has 1 atom stereocenters. The minimum Gasteiger partial charge on any atom is -0.355 e. The van der Waals surface area contributed by atoms with Crippen molar-refractivity contribution in [3.8, 4) is 0 Å². The van der Waals surface area contributed by atoms with Gasteiger partial charge in [0.15, 0.2) is 5.96 Å². The first-order valence-electron chi connectivity index (χ1n) is 11.3. The second-order valence-corrected chi connectivity index (χ2v) is 8.48. The molecule has 2 fully saturated rings. The van der Waals surface area contributed by atoms with Crippen LogP contribution in [0, 0.1) is 0 Å². The Morgan fingerprint density at radius 3 is 2.50 bits per heavy atom. The molecule has 6 nitrogen and oxygen atoms in total. The van der Waals surface area contributed by atoms with Crippen molar-refractivity contribution in [2.75, 3.05) is 59.9 Å². The predicted octanol–water partition coefficient (Wildman–Crippen LogP) is 2.59. The summed E-state index contributed by atoms with van der Waals surface area (Å²) in [5.41, 5.74) is 2.70. The standard InChI is InChI=1S/C23H40N6.HI/c1-4-29-14-5-7-22(29)18-26-23(24-2)25-17-20-8-10-21(11-9-20)19-28-13-6-12-27(3)15-16-28;/h8-11,22H,4-7,12-19H2,1-3H3,(H2,24,25,26);1H. The molecule has 0 aliphatic carbocycles. The molecule has 3 rings (SSSR count). The molecule has 1 unspecified atom stereocenters. The van der Waals surface area contributed by atoms with E-state index in [1.165, 1.54) is 56.6 Å². The van der Waals surface area contributed by atoms with Gasteiger partial charge in [-0.15, -0.1) is 24.0 Å². The number of nitrogens with one attached hydrogen (secondary N) is 2. The molecule has 1 aromatic carbocycles. The normalized spacial score (nSPS) is 21.8. The van der Waals surface area contributed by atoms with Gasteiger partial charge in [0.05, 0.1) is 0 Å². The Hall–Kier alpha value is -0.900. The quantitative estimate of drug-likeness (QED) is 0.324. The van der Waals surface area contributed by atoms with E-state index in [4.69, 9.17) is 0 Å². The third-order valence-corrected chi connectivity index (χ3v) is 6.34. The van der Waals surface area contributed by atoms with Gasteiger partial charge in [-0.25, -0.2) is 0 Å². The highest BCUT2D eigenvalue weighted by Crippen LogP contribution is 2.15. The Morgan fingerprint density at radius 1 is 1.00 bits per heavy atom. The molecular formula is C23H41IN6.